The van der Waals surface area contributed by atoms with Crippen LogP contribution in [0.2, 0.25) is 5.28 Å². The maximum atomic E-state index is 12.3. The van der Waals surface area contributed by atoms with Crippen molar-refractivity contribution in [2.75, 3.05) is 4.72 Å². The lowest BCUT2D eigenvalue weighted by Crippen LogP contribution is -2.13. The van der Waals surface area contributed by atoms with E-state index in [1.54, 1.807) is 37.5 Å². The molecule has 1 N–H and O–H groups in total. The number of hydrogen-bond donors (Lipinski definition) is 1. The van der Waals surface area contributed by atoms with E-state index < -0.39 is 10.0 Å². The zero-order valence-electron chi connectivity index (χ0n) is 13.5. The summed E-state index contributed by atoms with van der Waals surface area (Å²) in [5.74, 6) is 1.39. The van der Waals surface area contributed by atoms with Gasteiger partial charge in [-0.2, -0.15) is 8.42 Å². The zero-order chi connectivity index (χ0) is 18.0. The van der Waals surface area contributed by atoms with Gasteiger partial charge < -0.3 is 13.9 Å². The van der Waals surface area contributed by atoms with Gasteiger partial charge in [-0.1, -0.05) is 0 Å². The van der Waals surface area contributed by atoms with E-state index >= 15 is 0 Å². The van der Waals surface area contributed by atoms with Crippen molar-refractivity contribution in [2.24, 2.45) is 14.1 Å². The van der Waals surface area contributed by atoms with E-state index in [2.05, 4.69) is 14.7 Å². The third kappa shape index (κ3) is 3.94. The minimum Gasteiger partial charge on any atom is -0.486 e. The Bertz CT molecular complexity index is 960. The molecule has 0 aliphatic heterocycles. The summed E-state index contributed by atoms with van der Waals surface area (Å²) in [5.41, 5.74) is 0.395. The molecule has 0 aliphatic carbocycles. The lowest BCUT2D eigenvalue weighted by atomic mass is 10.3. The molecule has 0 unspecified atom stereocenters. The van der Waals surface area contributed by atoms with Gasteiger partial charge in [0.1, 0.15) is 18.2 Å². The van der Waals surface area contributed by atoms with Crippen molar-refractivity contribution in [1.82, 2.24) is 19.1 Å². The summed E-state index contributed by atoms with van der Waals surface area (Å²) in [7, 11) is -0.306. The van der Waals surface area contributed by atoms with Crippen LogP contribution in [0.3, 0.4) is 0 Å². The van der Waals surface area contributed by atoms with Gasteiger partial charge in [-0.05, 0) is 35.9 Å². The van der Waals surface area contributed by atoms with E-state index in [-0.39, 0.29) is 10.3 Å². The quantitative estimate of drug-likeness (QED) is 0.706. The molecule has 0 bridgehead atoms. The predicted octanol–water partition coefficient (Wildman–Crippen LogP) is 2.19. The average Bonchev–Trinajstić information content (AvgIpc) is 3.13. The number of rotatable bonds is 6. The molecule has 8 nitrogen and oxygen atoms in total. The molecule has 0 fully saturated rings. The van der Waals surface area contributed by atoms with Gasteiger partial charge in [0.15, 0.2) is 5.03 Å². The molecule has 132 valence electrons. The van der Waals surface area contributed by atoms with E-state index in [0.29, 0.717) is 18.0 Å². The molecule has 10 heteroatoms. The Labute approximate surface area is 150 Å². The molecule has 0 saturated carbocycles. The number of nitrogens with one attached hydrogen (secondary N) is 1. The SMILES string of the molecule is Cn1cc(S(=O)(=O)Nc2ccc(OCc3nccn3C)cc2)nc1Cl. The minimum absolute atomic E-state index is 0.0957. The predicted molar refractivity (Wildman–Crippen MR) is 93.0 cm³/mol. The fourth-order valence-corrected chi connectivity index (χ4v) is 3.30. The van der Waals surface area contributed by atoms with E-state index in [9.17, 15) is 8.42 Å². The Hall–Kier alpha value is -2.52. The second-order valence-corrected chi connectivity index (χ2v) is 7.30. The van der Waals surface area contributed by atoms with Crippen molar-refractivity contribution in [1.29, 1.82) is 0 Å². The van der Waals surface area contributed by atoms with Gasteiger partial charge in [0.05, 0.1) is 0 Å². The summed E-state index contributed by atoms with van der Waals surface area (Å²) < 4.78 is 35.9. The van der Waals surface area contributed by atoms with Gasteiger partial charge in [-0.25, -0.2) is 9.97 Å². The van der Waals surface area contributed by atoms with Crippen LogP contribution in [-0.2, 0) is 30.7 Å². The summed E-state index contributed by atoms with van der Waals surface area (Å²) >= 11 is 5.78. The van der Waals surface area contributed by atoms with Crippen molar-refractivity contribution in [3.8, 4) is 5.75 Å². The standard InChI is InChI=1S/C15H16ClN5O3S/c1-20-8-7-17-13(20)10-24-12-5-3-11(4-6-12)19-25(22,23)14-9-21(2)15(16)18-14/h3-9,19H,10H2,1-2H3. The number of halogens is 1. The normalized spacial score (nSPS) is 11.5. The summed E-state index contributed by atoms with van der Waals surface area (Å²) in [4.78, 5) is 7.97. The molecular weight excluding hydrogens is 366 g/mol. The molecule has 0 saturated heterocycles. The summed E-state index contributed by atoms with van der Waals surface area (Å²) in [6, 6.07) is 6.56. The molecule has 2 heterocycles. The summed E-state index contributed by atoms with van der Waals surface area (Å²) in [5, 5.41) is -0.0477. The van der Waals surface area contributed by atoms with Crippen molar-refractivity contribution < 1.29 is 13.2 Å². The van der Waals surface area contributed by atoms with Crippen LogP contribution in [0.5, 0.6) is 5.75 Å². The first kappa shape index (κ1) is 17.3. The molecule has 0 spiro atoms. The van der Waals surface area contributed by atoms with Crippen molar-refractivity contribution >= 4 is 27.3 Å². The largest absolute Gasteiger partial charge is 0.486 e. The number of ether oxygens (including phenoxy) is 1. The van der Waals surface area contributed by atoms with Crippen LogP contribution in [0.4, 0.5) is 5.69 Å². The molecule has 3 aromatic rings. The van der Waals surface area contributed by atoms with Crippen molar-refractivity contribution in [3.05, 3.63) is 54.0 Å². The van der Waals surface area contributed by atoms with Gasteiger partial charge in [-0.3, -0.25) is 4.72 Å². The van der Waals surface area contributed by atoms with Crippen LogP contribution in [0.25, 0.3) is 0 Å². The van der Waals surface area contributed by atoms with Crippen LogP contribution in [-0.4, -0.2) is 27.5 Å². The number of aromatic nitrogens is 4. The monoisotopic (exact) mass is 381 g/mol. The number of hydrogen-bond acceptors (Lipinski definition) is 5. The second kappa shape index (κ2) is 6.77. The Morgan fingerprint density at radius 2 is 1.92 bits per heavy atom. The average molecular weight is 382 g/mol. The molecule has 0 amide bonds. The van der Waals surface area contributed by atoms with E-state index in [1.165, 1.54) is 10.8 Å². The third-order valence-electron chi connectivity index (χ3n) is 3.47. The van der Waals surface area contributed by atoms with Gasteiger partial charge in [0, 0.05) is 38.4 Å². The van der Waals surface area contributed by atoms with Crippen LogP contribution in [0.15, 0.2) is 47.9 Å². The fraction of sp³-hybridized carbons (Fsp3) is 0.200. The first-order valence-corrected chi connectivity index (χ1v) is 9.12. The van der Waals surface area contributed by atoms with Gasteiger partial charge in [0.2, 0.25) is 5.28 Å². The van der Waals surface area contributed by atoms with Crippen LogP contribution >= 0.6 is 11.6 Å². The number of nitrogens with zero attached hydrogens (tertiary/aromatic N) is 4. The number of imidazole rings is 2. The fourth-order valence-electron chi connectivity index (χ4n) is 2.06. The molecule has 0 aliphatic rings. The number of anilines is 1. The Morgan fingerprint density at radius 3 is 2.48 bits per heavy atom. The van der Waals surface area contributed by atoms with Crippen molar-refractivity contribution in [2.45, 2.75) is 11.6 Å². The Morgan fingerprint density at radius 1 is 1.20 bits per heavy atom. The van der Waals surface area contributed by atoms with E-state index in [1.807, 2.05) is 17.8 Å². The molecule has 1 aromatic carbocycles. The van der Waals surface area contributed by atoms with Crippen molar-refractivity contribution in [3.63, 3.8) is 0 Å². The second-order valence-electron chi connectivity index (χ2n) is 5.33. The molecule has 3 rings (SSSR count). The van der Waals surface area contributed by atoms with Gasteiger partial charge in [-0.15, -0.1) is 0 Å². The summed E-state index contributed by atoms with van der Waals surface area (Å²) in [6.07, 6.45) is 4.87. The van der Waals surface area contributed by atoms with Crippen LogP contribution in [0, 0.1) is 0 Å². The highest BCUT2D eigenvalue weighted by atomic mass is 35.5. The zero-order valence-corrected chi connectivity index (χ0v) is 15.1. The molecule has 0 radical (unpaired) electrons. The summed E-state index contributed by atoms with van der Waals surface area (Å²) in [6.45, 7) is 0.320. The number of aryl methyl sites for hydroxylation is 2. The lowest BCUT2D eigenvalue weighted by Gasteiger charge is -2.08. The van der Waals surface area contributed by atoms with E-state index in [0.717, 1.165) is 5.82 Å². The number of benzene rings is 1. The third-order valence-corrected chi connectivity index (χ3v) is 5.07. The topological polar surface area (TPSA) is 91.0 Å². The molecule has 25 heavy (non-hydrogen) atoms. The van der Waals surface area contributed by atoms with Crippen LogP contribution in [0.1, 0.15) is 5.82 Å². The van der Waals surface area contributed by atoms with Gasteiger partial charge in [0.25, 0.3) is 10.0 Å². The highest BCUT2D eigenvalue weighted by Crippen LogP contribution is 2.20. The minimum atomic E-state index is -3.80. The Balaban J connectivity index is 1.67. The maximum absolute atomic E-state index is 12.3. The molecule has 2 aromatic heterocycles. The molecular formula is C15H16ClN5O3S. The highest BCUT2D eigenvalue weighted by molar-refractivity contribution is 7.92. The first-order valence-electron chi connectivity index (χ1n) is 7.26. The smallest absolute Gasteiger partial charge is 0.280 e. The van der Waals surface area contributed by atoms with Crippen LogP contribution < -0.4 is 9.46 Å². The number of sulfonamides is 1. The molecule has 0 atom stereocenters. The van der Waals surface area contributed by atoms with Gasteiger partial charge >= 0.3 is 0 Å². The Kier molecular flexibility index (Phi) is 4.69. The first-order chi connectivity index (χ1) is 11.8. The highest BCUT2D eigenvalue weighted by Gasteiger charge is 2.19. The maximum Gasteiger partial charge on any atom is 0.280 e. The lowest BCUT2D eigenvalue weighted by molar-refractivity contribution is 0.292. The van der Waals surface area contributed by atoms with E-state index in [4.69, 9.17) is 16.3 Å².